The lowest BCUT2D eigenvalue weighted by atomic mass is 10.1. The molecule has 0 spiro atoms. The average molecular weight is 361 g/mol. The molecular formula is C16H12F5NO3. The van der Waals surface area contributed by atoms with E-state index in [9.17, 15) is 26.7 Å². The average Bonchev–Trinajstić information content (AvgIpc) is 2.48. The van der Waals surface area contributed by atoms with Gasteiger partial charge < -0.3 is 15.2 Å². The second-order valence-electron chi connectivity index (χ2n) is 5.04. The number of carbonyl (C=O) groups is 1. The Hall–Kier alpha value is -2.84. The lowest BCUT2D eigenvalue weighted by molar-refractivity contribution is -0.137. The number of aryl methyl sites for hydroxylation is 1. The van der Waals surface area contributed by atoms with Crippen LogP contribution in [0.15, 0.2) is 36.4 Å². The minimum absolute atomic E-state index is 0.0638. The third-order valence-corrected chi connectivity index (χ3v) is 3.27. The van der Waals surface area contributed by atoms with Crippen molar-refractivity contribution in [2.45, 2.75) is 19.7 Å². The molecule has 0 unspecified atom stereocenters. The Bertz CT molecular complexity index is 790. The van der Waals surface area contributed by atoms with Crippen molar-refractivity contribution >= 4 is 17.3 Å². The lowest BCUT2D eigenvalue weighted by Crippen LogP contribution is -2.10. The number of hydrogen-bond donors (Lipinski definition) is 2. The SMILES string of the molecule is Cc1cc(OC(F)F)ccc1Nc1ccc(C(F)(F)F)cc1C(=O)O. The molecule has 0 radical (unpaired) electrons. The Labute approximate surface area is 138 Å². The number of ether oxygens (including phenoxy) is 1. The smallest absolute Gasteiger partial charge is 0.416 e. The lowest BCUT2D eigenvalue weighted by Gasteiger charge is -2.15. The molecule has 134 valence electrons. The fourth-order valence-electron chi connectivity index (χ4n) is 2.10. The van der Waals surface area contributed by atoms with E-state index in [1.165, 1.54) is 18.2 Å². The number of rotatable bonds is 5. The van der Waals surface area contributed by atoms with Gasteiger partial charge in [0.1, 0.15) is 5.75 Å². The summed E-state index contributed by atoms with van der Waals surface area (Å²) in [7, 11) is 0. The van der Waals surface area contributed by atoms with Gasteiger partial charge in [0.2, 0.25) is 0 Å². The van der Waals surface area contributed by atoms with Crippen LogP contribution in [0.5, 0.6) is 5.75 Å². The topological polar surface area (TPSA) is 58.6 Å². The van der Waals surface area contributed by atoms with Crippen LogP contribution < -0.4 is 10.1 Å². The molecule has 0 saturated heterocycles. The van der Waals surface area contributed by atoms with Gasteiger partial charge in [0.15, 0.2) is 0 Å². The first-order valence-corrected chi connectivity index (χ1v) is 6.85. The molecule has 2 N–H and O–H groups in total. The van der Waals surface area contributed by atoms with E-state index >= 15 is 0 Å². The molecule has 0 aliphatic rings. The molecule has 0 fully saturated rings. The van der Waals surface area contributed by atoms with E-state index in [0.717, 1.165) is 12.1 Å². The van der Waals surface area contributed by atoms with Gasteiger partial charge in [0.05, 0.1) is 16.8 Å². The van der Waals surface area contributed by atoms with Gasteiger partial charge in [-0.25, -0.2) is 4.79 Å². The van der Waals surface area contributed by atoms with Gasteiger partial charge >= 0.3 is 18.8 Å². The van der Waals surface area contributed by atoms with Gasteiger partial charge in [-0.15, -0.1) is 0 Å². The first kappa shape index (κ1) is 18.5. The zero-order chi connectivity index (χ0) is 18.8. The summed E-state index contributed by atoms with van der Waals surface area (Å²) in [6.07, 6.45) is -4.67. The maximum absolute atomic E-state index is 12.7. The maximum atomic E-state index is 12.7. The molecule has 25 heavy (non-hydrogen) atoms. The fourth-order valence-corrected chi connectivity index (χ4v) is 2.10. The zero-order valence-corrected chi connectivity index (χ0v) is 12.7. The summed E-state index contributed by atoms with van der Waals surface area (Å²) in [5.74, 6) is -1.63. The van der Waals surface area contributed by atoms with Crippen LogP contribution in [0, 0.1) is 6.92 Å². The molecule has 0 saturated carbocycles. The predicted molar refractivity (Wildman–Crippen MR) is 79.5 cm³/mol. The highest BCUT2D eigenvalue weighted by Crippen LogP contribution is 2.33. The summed E-state index contributed by atoms with van der Waals surface area (Å²) < 4.78 is 66.7. The molecule has 0 amide bonds. The van der Waals surface area contributed by atoms with Crippen LogP contribution in [-0.4, -0.2) is 17.7 Å². The number of carboxylic acid groups (broad SMARTS) is 1. The van der Waals surface area contributed by atoms with E-state index < -0.39 is 29.9 Å². The number of carboxylic acids is 1. The van der Waals surface area contributed by atoms with Crippen LogP contribution in [-0.2, 0) is 6.18 Å². The molecule has 0 aromatic heterocycles. The second-order valence-corrected chi connectivity index (χ2v) is 5.04. The van der Waals surface area contributed by atoms with Crippen LogP contribution in [0.3, 0.4) is 0 Å². The standard InChI is InChI=1S/C16H12F5NO3/c1-8-6-10(25-15(17)18)3-5-12(8)22-13-4-2-9(16(19,20)21)7-11(13)14(23)24/h2-7,15,22H,1H3,(H,23,24). The minimum atomic E-state index is -4.67. The number of halogens is 5. The molecule has 0 aliphatic heterocycles. The number of aromatic carboxylic acids is 1. The Morgan fingerprint density at radius 3 is 2.28 bits per heavy atom. The second kappa shape index (κ2) is 6.96. The summed E-state index contributed by atoms with van der Waals surface area (Å²) in [4.78, 5) is 11.2. The van der Waals surface area contributed by atoms with Gasteiger partial charge in [0.25, 0.3) is 0 Å². The van der Waals surface area contributed by atoms with Gasteiger partial charge in [-0.2, -0.15) is 22.0 Å². The van der Waals surface area contributed by atoms with Crippen molar-refractivity contribution in [3.05, 3.63) is 53.1 Å². The van der Waals surface area contributed by atoms with Crippen LogP contribution >= 0.6 is 0 Å². The van der Waals surface area contributed by atoms with Crippen molar-refractivity contribution in [3.63, 3.8) is 0 Å². The van der Waals surface area contributed by atoms with Crippen LogP contribution in [0.25, 0.3) is 0 Å². The van der Waals surface area contributed by atoms with Crippen LogP contribution in [0.4, 0.5) is 33.3 Å². The summed E-state index contributed by atoms with van der Waals surface area (Å²) >= 11 is 0. The van der Waals surface area contributed by atoms with Crippen molar-refractivity contribution in [1.29, 1.82) is 0 Å². The molecule has 2 aromatic rings. The number of anilines is 2. The van der Waals surface area contributed by atoms with E-state index in [1.54, 1.807) is 6.92 Å². The Morgan fingerprint density at radius 2 is 1.76 bits per heavy atom. The third-order valence-electron chi connectivity index (χ3n) is 3.27. The zero-order valence-electron chi connectivity index (χ0n) is 12.7. The van der Waals surface area contributed by atoms with Gasteiger partial charge in [-0.1, -0.05) is 0 Å². The number of benzene rings is 2. The van der Waals surface area contributed by atoms with E-state index in [4.69, 9.17) is 5.11 Å². The first-order chi connectivity index (χ1) is 11.6. The highest BCUT2D eigenvalue weighted by Gasteiger charge is 2.31. The van der Waals surface area contributed by atoms with Crippen molar-refractivity contribution in [1.82, 2.24) is 0 Å². The predicted octanol–water partition coefficient (Wildman–Crippen LogP) is 5.06. The van der Waals surface area contributed by atoms with Crippen LogP contribution in [0.2, 0.25) is 0 Å². The summed E-state index contributed by atoms with van der Waals surface area (Å²) in [6, 6.07) is 6.14. The normalized spacial score (nSPS) is 11.5. The first-order valence-electron chi connectivity index (χ1n) is 6.85. The Balaban J connectivity index is 2.35. The molecule has 2 rings (SSSR count). The molecule has 9 heteroatoms. The van der Waals surface area contributed by atoms with Gasteiger partial charge in [-0.05, 0) is 48.9 Å². The summed E-state index contributed by atoms with van der Waals surface area (Å²) in [6.45, 7) is -1.45. The van der Waals surface area contributed by atoms with Crippen molar-refractivity contribution in [3.8, 4) is 5.75 Å². The van der Waals surface area contributed by atoms with Crippen LogP contribution in [0.1, 0.15) is 21.5 Å². The maximum Gasteiger partial charge on any atom is 0.416 e. The molecule has 0 bridgehead atoms. The Morgan fingerprint density at radius 1 is 1.12 bits per heavy atom. The molecule has 4 nitrogen and oxygen atoms in total. The molecule has 2 aromatic carbocycles. The monoisotopic (exact) mass is 361 g/mol. The van der Waals surface area contributed by atoms with E-state index in [1.807, 2.05) is 0 Å². The largest absolute Gasteiger partial charge is 0.478 e. The fraction of sp³-hybridized carbons (Fsp3) is 0.188. The van der Waals surface area contributed by atoms with Gasteiger partial charge in [-0.3, -0.25) is 0 Å². The van der Waals surface area contributed by atoms with E-state index in [-0.39, 0.29) is 11.4 Å². The molecule has 0 heterocycles. The quantitative estimate of drug-likeness (QED) is 0.731. The van der Waals surface area contributed by atoms with Crippen molar-refractivity contribution < 1.29 is 36.6 Å². The van der Waals surface area contributed by atoms with E-state index in [2.05, 4.69) is 10.1 Å². The minimum Gasteiger partial charge on any atom is -0.478 e. The van der Waals surface area contributed by atoms with Gasteiger partial charge in [0, 0.05) is 5.69 Å². The molecule has 0 atom stereocenters. The number of nitrogens with one attached hydrogen (secondary N) is 1. The Kier molecular flexibility index (Phi) is 5.15. The summed E-state index contributed by atoms with van der Waals surface area (Å²) in [5.41, 5.74) is -0.945. The number of alkyl halides is 5. The third kappa shape index (κ3) is 4.59. The van der Waals surface area contributed by atoms with Crippen molar-refractivity contribution in [2.75, 3.05) is 5.32 Å². The number of hydrogen-bond acceptors (Lipinski definition) is 3. The molecule has 0 aliphatic carbocycles. The highest BCUT2D eigenvalue weighted by atomic mass is 19.4. The van der Waals surface area contributed by atoms with Crippen molar-refractivity contribution in [2.24, 2.45) is 0 Å². The van der Waals surface area contributed by atoms with E-state index in [0.29, 0.717) is 17.3 Å². The highest BCUT2D eigenvalue weighted by molar-refractivity contribution is 5.95. The molecular weight excluding hydrogens is 349 g/mol. The summed E-state index contributed by atoms with van der Waals surface area (Å²) in [5, 5.41) is 11.8.